The van der Waals surface area contributed by atoms with Gasteiger partial charge in [0.05, 0.1) is 11.0 Å². The molecule has 1 heterocycles. The number of aromatic carboxylic acids is 1. The molecule has 4 rings (SSSR count). The smallest absolute Gasteiger partial charge is 0.345 e. The monoisotopic (exact) mass is 542 g/mol. The van der Waals surface area contributed by atoms with E-state index in [-0.39, 0.29) is 28.4 Å². The van der Waals surface area contributed by atoms with E-state index < -0.39 is 22.1 Å². The third-order valence-corrected chi connectivity index (χ3v) is 9.80. The minimum Gasteiger partial charge on any atom is -0.477 e. The zero-order chi connectivity index (χ0) is 26.8. The van der Waals surface area contributed by atoms with Crippen LogP contribution in [0.15, 0.2) is 65.6 Å². The zero-order valence-electron chi connectivity index (χ0n) is 21.3. The van der Waals surface area contributed by atoms with Crippen molar-refractivity contribution in [2.45, 2.75) is 49.6 Å². The number of benzene rings is 2. The number of carbonyl (C=O) groups is 1. The molecule has 0 spiro atoms. The van der Waals surface area contributed by atoms with Gasteiger partial charge in [-0.15, -0.1) is 11.3 Å². The third kappa shape index (κ3) is 6.66. The SMILES string of the molecule is CN(C[C@H](O)CNC(C)(C)CC1Cc2ccccc2C1)S(=O)(=O)c1cccc(-c2ccc(C(=O)O)s2)c1. The fraction of sp³-hybridized carbons (Fsp3) is 0.393. The Morgan fingerprint density at radius 1 is 1.11 bits per heavy atom. The van der Waals surface area contributed by atoms with E-state index in [0.717, 1.165) is 34.9 Å². The molecule has 2 aromatic carbocycles. The first-order valence-electron chi connectivity index (χ1n) is 12.3. The van der Waals surface area contributed by atoms with Gasteiger partial charge in [0.1, 0.15) is 4.88 Å². The summed E-state index contributed by atoms with van der Waals surface area (Å²) in [6.07, 6.45) is 2.21. The predicted octanol–water partition coefficient (Wildman–Crippen LogP) is 4.27. The Bertz CT molecular complexity index is 1340. The van der Waals surface area contributed by atoms with Crippen molar-refractivity contribution in [2.24, 2.45) is 5.92 Å². The van der Waals surface area contributed by atoms with Gasteiger partial charge in [-0.25, -0.2) is 13.2 Å². The van der Waals surface area contributed by atoms with Gasteiger partial charge in [0, 0.05) is 30.6 Å². The highest BCUT2D eigenvalue weighted by Gasteiger charge is 2.29. The maximum Gasteiger partial charge on any atom is 0.345 e. The number of hydrogen-bond acceptors (Lipinski definition) is 6. The molecular formula is C28H34N2O5S2. The van der Waals surface area contributed by atoms with Crippen molar-refractivity contribution in [2.75, 3.05) is 20.1 Å². The van der Waals surface area contributed by atoms with Crippen LogP contribution in [0.5, 0.6) is 0 Å². The van der Waals surface area contributed by atoms with Crippen molar-refractivity contribution < 1.29 is 23.4 Å². The number of aliphatic hydroxyl groups excluding tert-OH is 1. The highest BCUT2D eigenvalue weighted by molar-refractivity contribution is 7.89. The molecule has 9 heteroatoms. The zero-order valence-corrected chi connectivity index (χ0v) is 23.0. The number of likely N-dealkylation sites (N-methyl/N-ethyl adjacent to an activating group) is 1. The van der Waals surface area contributed by atoms with Gasteiger partial charge in [0.25, 0.3) is 0 Å². The minimum absolute atomic E-state index is 0.0489. The summed E-state index contributed by atoms with van der Waals surface area (Å²) < 4.78 is 27.6. The molecule has 0 amide bonds. The molecule has 198 valence electrons. The molecule has 1 atom stereocenters. The normalized spacial score (nSPS) is 15.2. The summed E-state index contributed by atoms with van der Waals surface area (Å²) in [6.45, 7) is 4.47. The maximum atomic E-state index is 13.2. The average molecular weight is 543 g/mol. The number of hydrogen-bond donors (Lipinski definition) is 3. The van der Waals surface area contributed by atoms with E-state index in [2.05, 4.69) is 43.4 Å². The number of carboxylic acid groups (broad SMARTS) is 1. The number of β-amino-alcohol motifs (C(OH)–C–C–N with tert-alkyl or cyclic N) is 1. The van der Waals surface area contributed by atoms with Crippen molar-refractivity contribution in [3.8, 4) is 10.4 Å². The van der Waals surface area contributed by atoms with Crippen LogP contribution in [0.4, 0.5) is 0 Å². The van der Waals surface area contributed by atoms with Crippen LogP contribution < -0.4 is 5.32 Å². The molecular weight excluding hydrogens is 508 g/mol. The lowest BCUT2D eigenvalue weighted by molar-refractivity contribution is 0.0702. The van der Waals surface area contributed by atoms with E-state index in [1.807, 2.05) is 0 Å². The molecule has 0 fully saturated rings. The summed E-state index contributed by atoms with van der Waals surface area (Å²) in [6, 6.07) is 18.2. The van der Waals surface area contributed by atoms with Crippen LogP contribution in [0, 0.1) is 5.92 Å². The molecule has 1 aliphatic rings. The first-order chi connectivity index (χ1) is 17.4. The van der Waals surface area contributed by atoms with E-state index in [9.17, 15) is 18.3 Å². The number of sulfonamides is 1. The van der Waals surface area contributed by atoms with Gasteiger partial charge in [-0.05, 0) is 80.0 Å². The molecule has 0 aliphatic heterocycles. The van der Waals surface area contributed by atoms with Gasteiger partial charge < -0.3 is 15.5 Å². The molecule has 3 N–H and O–H groups in total. The first-order valence-corrected chi connectivity index (χ1v) is 14.6. The first kappa shape index (κ1) is 27.5. The van der Waals surface area contributed by atoms with Gasteiger partial charge in [0.2, 0.25) is 10.0 Å². The Labute approximate surface area is 222 Å². The lowest BCUT2D eigenvalue weighted by Crippen LogP contribution is -2.47. The van der Waals surface area contributed by atoms with Crippen LogP contribution in [0.1, 0.15) is 41.1 Å². The Hall–Kier alpha value is -2.56. The van der Waals surface area contributed by atoms with Gasteiger partial charge in [-0.2, -0.15) is 4.31 Å². The van der Waals surface area contributed by atoms with Crippen LogP contribution in [-0.2, 0) is 22.9 Å². The molecule has 0 bridgehead atoms. The fourth-order valence-corrected chi connectivity index (χ4v) is 7.14. The summed E-state index contributed by atoms with van der Waals surface area (Å²) in [5.74, 6) is -0.471. The number of nitrogens with one attached hydrogen (secondary N) is 1. The van der Waals surface area contributed by atoms with Crippen molar-refractivity contribution >= 4 is 27.3 Å². The third-order valence-electron chi connectivity index (χ3n) is 6.86. The van der Waals surface area contributed by atoms with Crippen molar-refractivity contribution in [1.82, 2.24) is 9.62 Å². The minimum atomic E-state index is -3.84. The number of carboxylic acids is 1. The molecule has 1 aromatic heterocycles. The highest BCUT2D eigenvalue weighted by Crippen LogP contribution is 2.32. The number of rotatable bonds is 11. The summed E-state index contributed by atoms with van der Waals surface area (Å²) in [4.78, 5) is 12.2. The van der Waals surface area contributed by atoms with Gasteiger partial charge in [0.15, 0.2) is 0 Å². The van der Waals surface area contributed by atoms with Crippen LogP contribution in [0.3, 0.4) is 0 Å². The summed E-state index contributed by atoms with van der Waals surface area (Å²) >= 11 is 1.09. The van der Waals surface area contributed by atoms with E-state index in [1.165, 1.54) is 36.4 Å². The quantitative estimate of drug-likeness (QED) is 0.334. The molecule has 0 unspecified atom stereocenters. The average Bonchev–Trinajstić information content (AvgIpc) is 3.50. The molecule has 1 aliphatic carbocycles. The predicted molar refractivity (Wildman–Crippen MR) is 147 cm³/mol. The standard InChI is InChI=1S/C28H34N2O5S2/c1-28(2,16-19-13-20-7-4-5-8-21(20)14-19)29-17-23(31)18-30(3)37(34,35)24-10-6-9-22(15-24)25-11-12-26(36-25)27(32)33/h4-12,15,19,23,29,31H,13-14,16-18H2,1-3H3,(H,32,33)/t23-/m1/s1. The number of thiophene rings is 1. The van der Waals surface area contributed by atoms with Crippen LogP contribution in [-0.4, -0.2) is 60.7 Å². The second kappa shape index (κ2) is 11.0. The van der Waals surface area contributed by atoms with Gasteiger partial charge in [-0.1, -0.05) is 36.4 Å². The molecule has 37 heavy (non-hydrogen) atoms. The molecule has 7 nitrogen and oxygen atoms in total. The lowest BCUT2D eigenvalue weighted by atomic mass is 9.88. The number of aliphatic hydroxyl groups is 1. The van der Waals surface area contributed by atoms with E-state index in [4.69, 9.17) is 5.11 Å². The summed E-state index contributed by atoms with van der Waals surface area (Å²) in [5, 5.41) is 23.3. The summed E-state index contributed by atoms with van der Waals surface area (Å²) in [7, 11) is -2.39. The van der Waals surface area contributed by atoms with E-state index in [0.29, 0.717) is 16.4 Å². The highest BCUT2D eigenvalue weighted by atomic mass is 32.2. The fourth-order valence-electron chi connectivity index (χ4n) is 5.04. The van der Waals surface area contributed by atoms with Crippen LogP contribution >= 0.6 is 11.3 Å². The van der Waals surface area contributed by atoms with Crippen molar-refractivity contribution in [1.29, 1.82) is 0 Å². The largest absolute Gasteiger partial charge is 0.477 e. The van der Waals surface area contributed by atoms with Crippen molar-refractivity contribution in [3.63, 3.8) is 0 Å². The molecule has 0 saturated heterocycles. The molecule has 3 aromatic rings. The van der Waals surface area contributed by atoms with Gasteiger partial charge >= 0.3 is 5.97 Å². The second-order valence-electron chi connectivity index (χ2n) is 10.4. The Morgan fingerprint density at radius 3 is 2.41 bits per heavy atom. The van der Waals surface area contributed by atoms with Crippen LogP contribution in [0.25, 0.3) is 10.4 Å². The van der Waals surface area contributed by atoms with Gasteiger partial charge in [-0.3, -0.25) is 0 Å². The second-order valence-corrected chi connectivity index (χ2v) is 13.6. The Kier molecular flexibility index (Phi) is 8.20. The number of fused-ring (bicyclic) bond motifs is 1. The number of nitrogens with zero attached hydrogens (tertiary/aromatic N) is 1. The Balaban J connectivity index is 1.33. The summed E-state index contributed by atoms with van der Waals surface area (Å²) in [5.41, 5.74) is 3.26. The van der Waals surface area contributed by atoms with E-state index >= 15 is 0 Å². The lowest BCUT2D eigenvalue weighted by Gasteiger charge is -2.31. The Morgan fingerprint density at radius 2 is 1.78 bits per heavy atom. The van der Waals surface area contributed by atoms with E-state index in [1.54, 1.807) is 18.2 Å². The molecule has 0 radical (unpaired) electrons. The molecule has 0 saturated carbocycles. The maximum absolute atomic E-state index is 13.2. The van der Waals surface area contributed by atoms with Crippen LogP contribution in [0.2, 0.25) is 0 Å². The topological polar surface area (TPSA) is 107 Å². The van der Waals surface area contributed by atoms with Crippen molar-refractivity contribution in [3.05, 3.63) is 76.7 Å².